The highest BCUT2D eigenvalue weighted by atomic mass is 16.1. The number of aryl methyl sites for hydroxylation is 4. The van der Waals surface area contributed by atoms with E-state index in [-0.39, 0.29) is 0 Å². The van der Waals surface area contributed by atoms with Crippen LogP contribution < -0.4 is 0 Å². The molecule has 0 saturated heterocycles. The van der Waals surface area contributed by atoms with Gasteiger partial charge in [-0.25, -0.2) is 4.98 Å². The van der Waals surface area contributed by atoms with Crippen LogP contribution in [0, 0.1) is 20.8 Å². The molecule has 0 bridgehead atoms. The molecule has 1 aromatic carbocycles. The smallest absolute Gasteiger partial charge is 0.129 e. The van der Waals surface area contributed by atoms with E-state index in [0.29, 0.717) is 12.2 Å². The topological polar surface area (TPSA) is 34.9 Å². The van der Waals surface area contributed by atoms with E-state index in [1.807, 2.05) is 0 Å². The number of aromatic nitrogens is 2. The first-order chi connectivity index (χ1) is 9.49. The zero-order valence-electron chi connectivity index (χ0n) is 13.0. The van der Waals surface area contributed by atoms with Gasteiger partial charge in [-0.3, -0.25) is 0 Å². The molecule has 0 amide bonds. The number of ketones is 1. The highest BCUT2D eigenvalue weighted by molar-refractivity contribution is 5.80. The first-order valence-corrected chi connectivity index (χ1v) is 7.42. The van der Waals surface area contributed by atoms with E-state index in [9.17, 15) is 4.79 Å². The van der Waals surface area contributed by atoms with Crippen LogP contribution in [0.25, 0.3) is 11.0 Å². The first-order valence-electron chi connectivity index (χ1n) is 7.42. The molecule has 2 aromatic rings. The number of rotatable bonds is 6. The number of carbonyl (C=O) groups is 1. The van der Waals surface area contributed by atoms with Crippen LogP contribution in [-0.4, -0.2) is 15.3 Å². The van der Waals surface area contributed by atoms with E-state index in [0.717, 1.165) is 37.1 Å². The van der Waals surface area contributed by atoms with Gasteiger partial charge in [0.2, 0.25) is 0 Å². The van der Waals surface area contributed by atoms with Gasteiger partial charge < -0.3 is 9.36 Å². The Morgan fingerprint density at radius 1 is 1.15 bits per heavy atom. The molecule has 108 valence electrons. The minimum absolute atomic E-state index is 0.292. The molecule has 0 aliphatic carbocycles. The van der Waals surface area contributed by atoms with E-state index >= 15 is 0 Å². The molecule has 2 rings (SSSR count). The molecule has 0 N–H and O–H groups in total. The molecule has 1 heterocycles. The van der Waals surface area contributed by atoms with Crippen molar-refractivity contribution in [3.8, 4) is 0 Å². The molecule has 0 radical (unpaired) electrons. The van der Waals surface area contributed by atoms with Crippen molar-refractivity contribution in [1.29, 1.82) is 0 Å². The Kier molecular flexibility index (Phi) is 4.58. The maximum absolute atomic E-state index is 10.9. The summed E-state index contributed by atoms with van der Waals surface area (Å²) in [5.41, 5.74) is 4.90. The summed E-state index contributed by atoms with van der Waals surface area (Å²) >= 11 is 0. The molecule has 0 aliphatic rings. The number of nitrogens with zero attached hydrogens (tertiary/aromatic N) is 2. The number of hydrogen-bond donors (Lipinski definition) is 0. The van der Waals surface area contributed by atoms with Crippen LogP contribution in [0.4, 0.5) is 0 Å². The second-order valence-electron chi connectivity index (χ2n) is 5.77. The SMILES string of the molecule is CC(=O)CCCCCn1c(C)nc2c(C)cc(C)cc21. The molecule has 20 heavy (non-hydrogen) atoms. The van der Waals surface area contributed by atoms with E-state index in [2.05, 4.69) is 42.5 Å². The van der Waals surface area contributed by atoms with Gasteiger partial charge in [0.25, 0.3) is 0 Å². The molecule has 0 fully saturated rings. The molecule has 0 atom stereocenters. The molecular formula is C17H24N2O. The molecule has 0 spiro atoms. The lowest BCUT2D eigenvalue weighted by Crippen LogP contribution is -2.01. The third-order valence-electron chi connectivity index (χ3n) is 3.79. The Hall–Kier alpha value is -1.64. The number of carbonyl (C=O) groups excluding carboxylic acids is 1. The summed E-state index contributed by atoms with van der Waals surface area (Å²) in [7, 11) is 0. The van der Waals surface area contributed by atoms with Crippen molar-refractivity contribution in [2.45, 2.75) is 59.9 Å². The minimum atomic E-state index is 0.292. The third kappa shape index (κ3) is 3.27. The van der Waals surface area contributed by atoms with Crippen molar-refractivity contribution in [3.05, 3.63) is 29.1 Å². The zero-order chi connectivity index (χ0) is 14.7. The van der Waals surface area contributed by atoms with Crippen LogP contribution in [0.3, 0.4) is 0 Å². The quantitative estimate of drug-likeness (QED) is 0.742. The van der Waals surface area contributed by atoms with Gasteiger partial charge in [0.1, 0.15) is 11.6 Å². The molecule has 0 unspecified atom stereocenters. The van der Waals surface area contributed by atoms with Gasteiger partial charge in [-0.05, 0) is 57.7 Å². The summed E-state index contributed by atoms with van der Waals surface area (Å²) in [6.45, 7) is 8.98. The van der Waals surface area contributed by atoms with Crippen molar-refractivity contribution < 1.29 is 4.79 Å². The van der Waals surface area contributed by atoms with E-state index < -0.39 is 0 Å². The van der Waals surface area contributed by atoms with E-state index in [4.69, 9.17) is 0 Å². The third-order valence-corrected chi connectivity index (χ3v) is 3.79. The van der Waals surface area contributed by atoms with Gasteiger partial charge >= 0.3 is 0 Å². The highest BCUT2D eigenvalue weighted by Crippen LogP contribution is 2.22. The van der Waals surface area contributed by atoms with Crippen LogP contribution in [-0.2, 0) is 11.3 Å². The maximum Gasteiger partial charge on any atom is 0.129 e. The minimum Gasteiger partial charge on any atom is -0.328 e. The lowest BCUT2D eigenvalue weighted by Gasteiger charge is -2.07. The van der Waals surface area contributed by atoms with Crippen molar-refractivity contribution in [1.82, 2.24) is 9.55 Å². The predicted octanol–water partition coefficient (Wildman–Crippen LogP) is 4.11. The standard InChI is InChI=1S/C17H24N2O/c1-12-10-13(2)17-16(11-12)19(15(4)18-17)9-7-5-6-8-14(3)20/h10-11H,5-9H2,1-4H3. The fraction of sp³-hybridized carbons (Fsp3) is 0.529. The van der Waals surface area contributed by atoms with Gasteiger partial charge in [-0.15, -0.1) is 0 Å². The number of hydrogen-bond acceptors (Lipinski definition) is 2. The van der Waals surface area contributed by atoms with Crippen molar-refractivity contribution in [2.24, 2.45) is 0 Å². The predicted molar refractivity (Wildman–Crippen MR) is 83.1 cm³/mol. The lowest BCUT2D eigenvalue weighted by molar-refractivity contribution is -0.117. The fourth-order valence-electron chi connectivity index (χ4n) is 2.79. The van der Waals surface area contributed by atoms with Crippen LogP contribution in [0.2, 0.25) is 0 Å². The molecule has 0 aliphatic heterocycles. The number of Topliss-reactive ketones (excluding diaryl/α,β-unsaturated/α-hetero) is 1. The summed E-state index contributed by atoms with van der Waals surface area (Å²) in [6.07, 6.45) is 3.91. The summed E-state index contributed by atoms with van der Waals surface area (Å²) in [4.78, 5) is 15.6. The first kappa shape index (κ1) is 14.8. The van der Waals surface area contributed by atoms with Gasteiger partial charge in [-0.1, -0.05) is 12.5 Å². The monoisotopic (exact) mass is 272 g/mol. The lowest BCUT2D eigenvalue weighted by atomic mass is 10.1. The Labute approximate surface area is 121 Å². The van der Waals surface area contributed by atoms with Crippen molar-refractivity contribution in [2.75, 3.05) is 0 Å². The number of benzene rings is 1. The van der Waals surface area contributed by atoms with E-state index in [1.54, 1.807) is 6.92 Å². The number of fused-ring (bicyclic) bond motifs is 1. The molecule has 1 aromatic heterocycles. The molecular weight excluding hydrogens is 248 g/mol. The molecule has 3 nitrogen and oxygen atoms in total. The second kappa shape index (κ2) is 6.21. The highest BCUT2D eigenvalue weighted by Gasteiger charge is 2.09. The van der Waals surface area contributed by atoms with E-state index in [1.165, 1.54) is 16.6 Å². The Morgan fingerprint density at radius 2 is 1.90 bits per heavy atom. The Morgan fingerprint density at radius 3 is 2.60 bits per heavy atom. The average Bonchev–Trinajstić information content (AvgIpc) is 2.66. The van der Waals surface area contributed by atoms with Crippen LogP contribution in [0.1, 0.15) is 49.6 Å². The summed E-state index contributed by atoms with van der Waals surface area (Å²) < 4.78 is 2.31. The maximum atomic E-state index is 10.9. The summed E-state index contributed by atoms with van der Waals surface area (Å²) in [5, 5.41) is 0. The summed E-state index contributed by atoms with van der Waals surface area (Å²) in [6, 6.07) is 4.41. The van der Waals surface area contributed by atoms with Crippen LogP contribution in [0.5, 0.6) is 0 Å². The number of unbranched alkanes of at least 4 members (excludes halogenated alkanes) is 2. The molecule has 3 heteroatoms. The summed E-state index contributed by atoms with van der Waals surface area (Å²) in [5.74, 6) is 1.38. The van der Waals surface area contributed by atoms with Gasteiger partial charge in [-0.2, -0.15) is 0 Å². The largest absolute Gasteiger partial charge is 0.328 e. The zero-order valence-corrected chi connectivity index (χ0v) is 13.0. The van der Waals surface area contributed by atoms with Gasteiger partial charge in [0, 0.05) is 13.0 Å². The fourth-order valence-corrected chi connectivity index (χ4v) is 2.79. The number of imidazole rings is 1. The van der Waals surface area contributed by atoms with Crippen molar-refractivity contribution in [3.63, 3.8) is 0 Å². The Bertz CT molecular complexity index is 625. The van der Waals surface area contributed by atoms with Gasteiger partial charge in [0.15, 0.2) is 0 Å². The second-order valence-corrected chi connectivity index (χ2v) is 5.77. The van der Waals surface area contributed by atoms with Gasteiger partial charge in [0.05, 0.1) is 11.0 Å². The van der Waals surface area contributed by atoms with Crippen LogP contribution >= 0.6 is 0 Å². The normalized spacial score (nSPS) is 11.2. The molecule has 0 saturated carbocycles. The average molecular weight is 272 g/mol. The Balaban J connectivity index is 2.10. The van der Waals surface area contributed by atoms with Crippen LogP contribution in [0.15, 0.2) is 12.1 Å². The van der Waals surface area contributed by atoms with Crippen molar-refractivity contribution >= 4 is 16.8 Å².